The Balaban J connectivity index is 2.28. The molecule has 0 unspecified atom stereocenters. The average molecular weight is 290 g/mol. The van der Waals surface area contributed by atoms with Crippen LogP contribution in [0.2, 0.25) is 0 Å². The minimum absolute atomic E-state index is 0.0128. The highest BCUT2D eigenvalue weighted by Gasteiger charge is 2.18. The van der Waals surface area contributed by atoms with Gasteiger partial charge in [0.1, 0.15) is 5.82 Å². The molecule has 0 aliphatic heterocycles. The van der Waals surface area contributed by atoms with E-state index in [1.165, 1.54) is 6.20 Å². The van der Waals surface area contributed by atoms with E-state index in [1.54, 1.807) is 35.8 Å². The number of rotatable bonds is 4. The molecule has 2 aromatic rings. The fourth-order valence-corrected chi connectivity index (χ4v) is 2.82. The topological polar surface area (TPSA) is 87.8 Å². The summed E-state index contributed by atoms with van der Waals surface area (Å²) in [4.78, 5) is 4.04. The molecule has 0 bridgehead atoms. The number of sulfonamides is 1. The summed E-state index contributed by atoms with van der Waals surface area (Å²) in [6.07, 6.45) is 1.50. The number of nitriles is 1. The number of nitrogens with zero attached hydrogens (tertiary/aromatic N) is 3. The van der Waals surface area contributed by atoms with Gasteiger partial charge in [-0.1, -0.05) is 0 Å². The van der Waals surface area contributed by atoms with E-state index >= 15 is 0 Å². The fourth-order valence-electron chi connectivity index (χ4n) is 1.75. The molecule has 0 spiro atoms. The van der Waals surface area contributed by atoms with E-state index in [1.807, 2.05) is 13.0 Å². The molecule has 0 saturated carbocycles. The number of hydrogen-bond donors (Lipinski definition) is 1. The molecule has 1 aromatic carbocycles. The number of benzene rings is 1. The van der Waals surface area contributed by atoms with Gasteiger partial charge in [0.15, 0.2) is 5.03 Å². The van der Waals surface area contributed by atoms with E-state index in [9.17, 15) is 8.42 Å². The third-order valence-corrected chi connectivity index (χ3v) is 4.09. The first-order valence-corrected chi connectivity index (χ1v) is 7.51. The van der Waals surface area contributed by atoms with Gasteiger partial charge in [-0.3, -0.25) is 4.72 Å². The lowest BCUT2D eigenvalue weighted by molar-refractivity contribution is 0.598. The van der Waals surface area contributed by atoms with Gasteiger partial charge in [-0.25, -0.2) is 4.98 Å². The lowest BCUT2D eigenvalue weighted by Gasteiger charge is -2.05. The zero-order valence-corrected chi connectivity index (χ0v) is 12.0. The quantitative estimate of drug-likeness (QED) is 0.931. The van der Waals surface area contributed by atoms with Crippen molar-refractivity contribution >= 4 is 15.7 Å². The molecule has 2 rings (SSSR count). The number of anilines is 1. The van der Waals surface area contributed by atoms with Crippen molar-refractivity contribution in [1.82, 2.24) is 9.55 Å². The second-order valence-electron chi connectivity index (χ2n) is 4.21. The Morgan fingerprint density at radius 3 is 2.50 bits per heavy atom. The van der Waals surface area contributed by atoms with Crippen molar-refractivity contribution < 1.29 is 8.42 Å². The van der Waals surface area contributed by atoms with E-state index < -0.39 is 10.0 Å². The Bertz CT molecular complexity index is 755. The Labute approximate surface area is 117 Å². The van der Waals surface area contributed by atoms with Crippen molar-refractivity contribution in [2.75, 3.05) is 4.72 Å². The van der Waals surface area contributed by atoms with Crippen LogP contribution in [0.25, 0.3) is 0 Å². The maximum atomic E-state index is 12.2. The third kappa shape index (κ3) is 2.81. The maximum absolute atomic E-state index is 12.2. The molecule has 0 aliphatic rings. The van der Waals surface area contributed by atoms with Crippen LogP contribution in [0.4, 0.5) is 5.69 Å². The van der Waals surface area contributed by atoms with Gasteiger partial charge in [0, 0.05) is 18.4 Å². The van der Waals surface area contributed by atoms with E-state index in [4.69, 9.17) is 5.26 Å². The highest BCUT2D eigenvalue weighted by Crippen LogP contribution is 2.16. The summed E-state index contributed by atoms with van der Waals surface area (Å²) in [5, 5.41) is 8.69. The fraction of sp³-hybridized carbons (Fsp3) is 0.231. The Kier molecular flexibility index (Phi) is 3.77. The van der Waals surface area contributed by atoms with Crippen LogP contribution in [0, 0.1) is 18.3 Å². The van der Waals surface area contributed by atoms with Crippen molar-refractivity contribution in [3.05, 3.63) is 41.9 Å². The van der Waals surface area contributed by atoms with Gasteiger partial charge in [0.25, 0.3) is 10.0 Å². The summed E-state index contributed by atoms with van der Waals surface area (Å²) >= 11 is 0. The first kappa shape index (κ1) is 14.1. The van der Waals surface area contributed by atoms with Crippen LogP contribution in [0.15, 0.2) is 35.5 Å². The van der Waals surface area contributed by atoms with Crippen LogP contribution in [-0.2, 0) is 16.6 Å². The smallest absolute Gasteiger partial charge is 0.280 e. The molecule has 0 amide bonds. The van der Waals surface area contributed by atoms with Crippen LogP contribution >= 0.6 is 0 Å². The molecule has 1 N–H and O–H groups in total. The molecule has 1 aromatic heterocycles. The van der Waals surface area contributed by atoms with Gasteiger partial charge in [-0.2, -0.15) is 13.7 Å². The SMILES string of the molecule is CCn1cc(S(=O)(=O)Nc2ccc(C#N)cc2)nc1C. The zero-order chi connectivity index (χ0) is 14.8. The molecule has 1 heterocycles. The first-order valence-electron chi connectivity index (χ1n) is 6.03. The number of nitrogens with one attached hydrogen (secondary N) is 1. The van der Waals surface area contributed by atoms with Crippen molar-refractivity contribution in [3.63, 3.8) is 0 Å². The number of aromatic nitrogens is 2. The molecule has 0 atom stereocenters. The molecular formula is C13H14N4O2S. The van der Waals surface area contributed by atoms with Crippen molar-refractivity contribution in [2.24, 2.45) is 0 Å². The highest BCUT2D eigenvalue weighted by molar-refractivity contribution is 7.92. The Morgan fingerprint density at radius 2 is 2.00 bits per heavy atom. The van der Waals surface area contributed by atoms with Gasteiger partial charge in [0.05, 0.1) is 11.6 Å². The van der Waals surface area contributed by atoms with Crippen LogP contribution in [-0.4, -0.2) is 18.0 Å². The predicted molar refractivity (Wildman–Crippen MR) is 74.6 cm³/mol. The molecule has 0 radical (unpaired) electrons. The van der Waals surface area contributed by atoms with Crippen LogP contribution in [0.1, 0.15) is 18.3 Å². The van der Waals surface area contributed by atoms with E-state index in [-0.39, 0.29) is 5.03 Å². The zero-order valence-electron chi connectivity index (χ0n) is 11.2. The minimum Gasteiger partial charge on any atom is -0.334 e. The van der Waals surface area contributed by atoms with Gasteiger partial charge in [0.2, 0.25) is 0 Å². The van der Waals surface area contributed by atoms with E-state index in [2.05, 4.69) is 9.71 Å². The lowest BCUT2D eigenvalue weighted by Crippen LogP contribution is -2.13. The van der Waals surface area contributed by atoms with Gasteiger partial charge in [-0.15, -0.1) is 0 Å². The molecule has 0 saturated heterocycles. The average Bonchev–Trinajstić information content (AvgIpc) is 2.81. The van der Waals surface area contributed by atoms with E-state index in [0.29, 0.717) is 23.6 Å². The predicted octanol–water partition coefficient (Wildman–Crippen LogP) is 1.88. The Hall–Kier alpha value is -2.33. The molecule has 6 nitrogen and oxygen atoms in total. The summed E-state index contributed by atoms with van der Waals surface area (Å²) < 4.78 is 28.6. The van der Waals surface area contributed by atoms with Crippen LogP contribution in [0.3, 0.4) is 0 Å². The lowest BCUT2D eigenvalue weighted by atomic mass is 10.2. The first-order chi connectivity index (χ1) is 9.46. The largest absolute Gasteiger partial charge is 0.334 e. The second-order valence-corrected chi connectivity index (χ2v) is 5.84. The third-order valence-electron chi connectivity index (χ3n) is 2.84. The summed E-state index contributed by atoms with van der Waals surface area (Å²) in [7, 11) is -3.71. The summed E-state index contributed by atoms with van der Waals surface area (Å²) in [6, 6.07) is 8.16. The second kappa shape index (κ2) is 5.35. The van der Waals surface area contributed by atoms with Crippen molar-refractivity contribution in [1.29, 1.82) is 5.26 Å². The monoisotopic (exact) mass is 290 g/mol. The molecule has 0 aliphatic carbocycles. The minimum atomic E-state index is -3.71. The van der Waals surface area contributed by atoms with Crippen molar-refractivity contribution in [3.8, 4) is 6.07 Å². The normalized spacial score (nSPS) is 11.1. The highest BCUT2D eigenvalue weighted by atomic mass is 32.2. The van der Waals surface area contributed by atoms with Crippen LogP contribution < -0.4 is 4.72 Å². The Morgan fingerprint density at radius 1 is 1.35 bits per heavy atom. The van der Waals surface area contributed by atoms with Crippen LogP contribution in [0.5, 0.6) is 0 Å². The summed E-state index contributed by atoms with van der Waals surface area (Å²) in [5.74, 6) is 0.646. The van der Waals surface area contributed by atoms with E-state index in [0.717, 1.165) is 0 Å². The summed E-state index contributed by atoms with van der Waals surface area (Å²) in [6.45, 7) is 4.33. The summed E-state index contributed by atoms with van der Waals surface area (Å²) in [5.41, 5.74) is 0.867. The van der Waals surface area contributed by atoms with Gasteiger partial charge < -0.3 is 4.57 Å². The van der Waals surface area contributed by atoms with Gasteiger partial charge in [-0.05, 0) is 38.1 Å². The number of imidazole rings is 1. The molecule has 7 heteroatoms. The number of hydrogen-bond acceptors (Lipinski definition) is 4. The molecule has 20 heavy (non-hydrogen) atoms. The maximum Gasteiger partial charge on any atom is 0.280 e. The molecule has 0 fully saturated rings. The standard InChI is InChI=1S/C13H14N4O2S/c1-3-17-9-13(15-10(17)2)20(18,19)16-12-6-4-11(8-14)5-7-12/h4-7,9,16H,3H2,1-2H3. The van der Waals surface area contributed by atoms with Gasteiger partial charge >= 0.3 is 0 Å². The molecular weight excluding hydrogens is 276 g/mol. The van der Waals surface area contributed by atoms with Crippen molar-refractivity contribution in [2.45, 2.75) is 25.4 Å². The number of aryl methyl sites for hydroxylation is 2. The molecule has 104 valence electrons.